The van der Waals surface area contributed by atoms with E-state index < -0.39 is 40.4 Å². The summed E-state index contributed by atoms with van der Waals surface area (Å²) in [5.74, 6) is 0. The first-order valence-electron chi connectivity index (χ1n) is 7.11. The van der Waals surface area contributed by atoms with Gasteiger partial charge in [0.15, 0.2) is 0 Å². The van der Waals surface area contributed by atoms with Gasteiger partial charge in [-0.3, -0.25) is 10.1 Å². The van der Waals surface area contributed by atoms with Crippen LogP contribution in [0.3, 0.4) is 0 Å². The fourth-order valence-corrected chi connectivity index (χ4v) is 1.92. The molecule has 2 unspecified atom stereocenters. The van der Waals surface area contributed by atoms with Crippen molar-refractivity contribution in [3.63, 3.8) is 0 Å². The predicted octanol–water partition coefficient (Wildman–Crippen LogP) is 3.94. The lowest BCUT2D eigenvalue weighted by molar-refractivity contribution is -0.523. The van der Waals surface area contributed by atoms with Gasteiger partial charge in [-0.1, -0.05) is 12.1 Å². The van der Waals surface area contributed by atoms with Gasteiger partial charge in [-0.05, 0) is 38.5 Å². The molecule has 0 spiro atoms. The molecule has 0 heterocycles. The van der Waals surface area contributed by atoms with Crippen molar-refractivity contribution in [1.29, 1.82) is 0 Å². The minimum atomic E-state index is -4.51. The smallest absolute Gasteiger partial charge is 0.416 e. The average Bonchev–Trinajstić information content (AvgIpc) is 2.41. The van der Waals surface area contributed by atoms with Gasteiger partial charge in [0.05, 0.1) is 5.56 Å². The van der Waals surface area contributed by atoms with Crippen LogP contribution in [0.15, 0.2) is 24.3 Å². The molecule has 1 N–H and O–H groups in total. The Bertz CT molecular complexity index is 594. The lowest BCUT2D eigenvalue weighted by Crippen LogP contribution is -2.41. The van der Waals surface area contributed by atoms with Crippen LogP contribution in [0.5, 0.6) is 0 Å². The van der Waals surface area contributed by atoms with Crippen LogP contribution in [-0.4, -0.2) is 22.7 Å². The topological polar surface area (TPSA) is 81.5 Å². The van der Waals surface area contributed by atoms with E-state index in [1.807, 2.05) is 0 Å². The second kappa shape index (κ2) is 7.06. The van der Waals surface area contributed by atoms with Crippen LogP contribution in [0.1, 0.15) is 44.9 Å². The summed E-state index contributed by atoms with van der Waals surface area (Å²) in [5.41, 5.74) is -1.51. The van der Waals surface area contributed by atoms with Crippen LogP contribution < -0.4 is 5.32 Å². The van der Waals surface area contributed by atoms with E-state index in [0.717, 1.165) is 24.3 Å². The molecule has 0 aliphatic heterocycles. The van der Waals surface area contributed by atoms with Gasteiger partial charge in [0.2, 0.25) is 6.04 Å². The number of halogens is 3. The van der Waals surface area contributed by atoms with Crippen molar-refractivity contribution in [3.05, 3.63) is 45.5 Å². The Labute approximate surface area is 137 Å². The third-order valence-electron chi connectivity index (χ3n) is 3.08. The van der Waals surface area contributed by atoms with E-state index in [9.17, 15) is 28.1 Å². The zero-order chi connectivity index (χ0) is 18.7. The number of alkyl halides is 3. The van der Waals surface area contributed by atoms with Gasteiger partial charge in [-0.15, -0.1) is 0 Å². The maximum atomic E-state index is 12.6. The van der Waals surface area contributed by atoms with Gasteiger partial charge in [0, 0.05) is 11.8 Å². The molecule has 0 aliphatic rings. The second-order valence-electron chi connectivity index (χ2n) is 6.27. The van der Waals surface area contributed by atoms with Gasteiger partial charge in [-0.2, -0.15) is 13.2 Å². The number of ether oxygens (including phenoxy) is 1. The number of nitro groups is 1. The standard InChI is InChI=1S/C15H19F3N2O4/c1-9(20(22)23)12(19-13(21)24-14(2,3)4)10-5-7-11(8-6-10)15(16,17)18/h5-9,12H,1-4H3,(H,19,21). The lowest BCUT2D eigenvalue weighted by atomic mass is 9.99. The van der Waals surface area contributed by atoms with Crippen LogP contribution in [-0.2, 0) is 10.9 Å². The van der Waals surface area contributed by atoms with E-state index in [-0.39, 0.29) is 5.56 Å². The minimum absolute atomic E-state index is 0.179. The summed E-state index contributed by atoms with van der Waals surface area (Å²) < 4.78 is 42.9. The number of alkyl carbamates (subject to hydrolysis) is 1. The molecule has 9 heteroatoms. The molecule has 0 radical (unpaired) electrons. The zero-order valence-electron chi connectivity index (χ0n) is 13.7. The molecule has 1 aromatic rings. The number of benzene rings is 1. The summed E-state index contributed by atoms with van der Waals surface area (Å²) in [6.45, 7) is 6.11. The first-order chi connectivity index (χ1) is 10.8. The number of nitrogens with one attached hydrogen (secondary N) is 1. The fraction of sp³-hybridized carbons (Fsp3) is 0.533. The maximum absolute atomic E-state index is 12.6. The Morgan fingerprint density at radius 3 is 2.08 bits per heavy atom. The van der Waals surface area contributed by atoms with E-state index in [4.69, 9.17) is 4.74 Å². The molecular formula is C15H19F3N2O4. The molecule has 2 atom stereocenters. The van der Waals surface area contributed by atoms with Gasteiger partial charge in [0.1, 0.15) is 11.6 Å². The zero-order valence-corrected chi connectivity index (χ0v) is 13.7. The predicted molar refractivity (Wildman–Crippen MR) is 80.0 cm³/mol. The van der Waals surface area contributed by atoms with E-state index in [0.29, 0.717) is 0 Å². The third-order valence-corrected chi connectivity index (χ3v) is 3.08. The lowest BCUT2D eigenvalue weighted by Gasteiger charge is -2.24. The summed E-state index contributed by atoms with van der Waals surface area (Å²) in [6, 6.07) is 1.44. The highest BCUT2D eigenvalue weighted by Gasteiger charge is 2.33. The molecule has 0 aliphatic carbocycles. The van der Waals surface area contributed by atoms with Crippen molar-refractivity contribution in [2.45, 2.75) is 51.6 Å². The Hall–Kier alpha value is -2.32. The van der Waals surface area contributed by atoms with Gasteiger partial charge < -0.3 is 10.1 Å². The van der Waals surface area contributed by atoms with E-state index in [2.05, 4.69) is 5.32 Å². The summed E-state index contributed by atoms with van der Waals surface area (Å²) >= 11 is 0. The molecule has 0 saturated carbocycles. The number of nitrogens with zero attached hydrogens (tertiary/aromatic N) is 1. The van der Waals surface area contributed by atoms with Gasteiger partial charge in [-0.25, -0.2) is 4.79 Å². The number of hydrogen-bond acceptors (Lipinski definition) is 4. The summed E-state index contributed by atoms with van der Waals surface area (Å²) in [4.78, 5) is 22.3. The minimum Gasteiger partial charge on any atom is -0.444 e. The van der Waals surface area contributed by atoms with Crippen LogP contribution in [0.2, 0.25) is 0 Å². The average molecular weight is 348 g/mol. The van der Waals surface area contributed by atoms with Crippen LogP contribution in [0.4, 0.5) is 18.0 Å². The number of carbonyl (C=O) groups is 1. The molecular weight excluding hydrogens is 329 g/mol. The molecule has 1 rings (SSSR count). The van der Waals surface area contributed by atoms with Crippen molar-refractivity contribution < 1.29 is 27.6 Å². The number of amides is 1. The van der Waals surface area contributed by atoms with Crippen molar-refractivity contribution in [2.75, 3.05) is 0 Å². The third kappa shape index (κ3) is 5.71. The largest absolute Gasteiger partial charge is 0.444 e. The van der Waals surface area contributed by atoms with Crippen molar-refractivity contribution in [1.82, 2.24) is 5.32 Å². The maximum Gasteiger partial charge on any atom is 0.416 e. The Balaban J connectivity index is 3.06. The van der Waals surface area contributed by atoms with Crippen molar-refractivity contribution in [2.24, 2.45) is 0 Å². The van der Waals surface area contributed by atoms with Crippen molar-refractivity contribution >= 4 is 6.09 Å². The van der Waals surface area contributed by atoms with Crippen LogP contribution in [0, 0.1) is 10.1 Å². The highest BCUT2D eigenvalue weighted by molar-refractivity contribution is 5.68. The monoisotopic (exact) mass is 348 g/mol. The van der Waals surface area contributed by atoms with E-state index >= 15 is 0 Å². The first-order valence-corrected chi connectivity index (χ1v) is 7.11. The summed E-state index contributed by atoms with van der Waals surface area (Å²) in [7, 11) is 0. The second-order valence-corrected chi connectivity index (χ2v) is 6.27. The molecule has 0 aromatic heterocycles. The fourth-order valence-electron chi connectivity index (χ4n) is 1.92. The SMILES string of the molecule is CC(C(NC(=O)OC(C)(C)C)c1ccc(C(F)(F)F)cc1)[N+](=O)[O-]. The Morgan fingerprint density at radius 1 is 1.21 bits per heavy atom. The molecule has 1 aromatic carbocycles. The molecule has 0 bridgehead atoms. The number of hydrogen-bond donors (Lipinski definition) is 1. The van der Waals surface area contributed by atoms with E-state index in [1.165, 1.54) is 6.92 Å². The number of rotatable bonds is 4. The molecule has 24 heavy (non-hydrogen) atoms. The van der Waals surface area contributed by atoms with Gasteiger partial charge in [0.25, 0.3) is 0 Å². The van der Waals surface area contributed by atoms with Gasteiger partial charge >= 0.3 is 12.3 Å². The molecule has 1 amide bonds. The Kier molecular flexibility index (Phi) is 5.80. The normalized spacial score (nSPS) is 14.6. The molecule has 0 saturated heterocycles. The van der Waals surface area contributed by atoms with Crippen molar-refractivity contribution in [3.8, 4) is 0 Å². The highest BCUT2D eigenvalue weighted by atomic mass is 19.4. The van der Waals surface area contributed by atoms with E-state index in [1.54, 1.807) is 20.8 Å². The molecule has 0 fully saturated rings. The molecule has 6 nitrogen and oxygen atoms in total. The first kappa shape index (κ1) is 19.7. The molecule has 134 valence electrons. The van der Waals surface area contributed by atoms with Crippen LogP contribution in [0.25, 0.3) is 0 Å². The summed E-state index contributed by atoms with van der Waals surface area (Å²) in [5, 5.41) is 13.4. The summed E-state index contributed by atoms with van der Waals surface area (Å²) in [6.07, 6.45) is -5.40. The quantitative estimate of drug-likeness (QED) is 0.660. The van der Waals surface area contributed by atoms with Crippen LogP contribution >= 0.6 is 0 Å². The number of carbonyl (C=O) groups excluding carboxylic acids is 1. The Morgan fingerprint density at radius 2 is 1.71 bits per heavy atom. The highest BCUT2D eigenvalue weighted by Crippen LogP contribution is 2.30.